The van der Waals surface area contributed by atoms with Crippen LogP contribution in [0.1, 0.15) is 5.56 Å². The zero-order chi connectivity index (χ0) is 21.1. The third kappa shape index (κ3) is 3.72. The van der Waals surface area contributed by atoms with Crippen molar-refractivity contribution in [2.75, 3.05) is 43.1 Å². The average molecular weight is 405 g/mol. The van der Waals surface area contributed by atoms with Gasteiger partial charge in [-0.05, 0) is 36.4 Å². The molecule has 3 aromatic rings. The van der Waals surface area contributed by atoms with Crippen molar-refractivity contribution in [3.63, 3.8) is 0 Å². The minimum Gasteiger partial charge on any atom is -0.495 e. The van der Waals surface area contributed by atoms with Crippen LogP contribution in [0.25, 0.3) is 11.3 Å². The number of para-hydroxylation sites is 2. The Morgan fingerprint density at radius 3 is 2.27 bits per heavy atom. The van der Waals surface area contributed by atoms with Crippen molar-refractivity contribution in [3.8, 4) is 23.1 Å². The second-order valence-electron chi connectivity index (χ2n) is 6.92. The summed E-state index contributed by atoms with van der Waals surface area (Å²) in [6, 6.07) is 17.2. The third-order valence-electron chi connectivity index (χ3n) is 5.22. The highest BCUT2D eigenvalue weighted by molar-refractivity contribution is 5.68. The van der Waals surface area contributed by atoms with Crippen LogP contribution in [0, 0.1) is 17.1 Å². The van der Waals surface area contributed by atoms with Gasteiger partial charge < -0.3 is 19.0 Å². The zero-order valence-electron chi connectivity index (χ0n) is 16.5. The number of hydrogen-bond acceptors (Lipinski definition) is 6. The van der Waals surface area contributed by atoms with Crippen molar-refractivity contribution in [3.05, 3.63) is 76.4 Å². The molecule has 0 spiro atoms. The van der Waals surface area contributed by atoms with Crippen LogP contribution in [0.15, 0.2) is 63.8 Å². The minimum atomic E-state index is -0.693. The van der Waals surface area contributed by atoms with Gasteiger partial charge in [-0.1, -0.05) is 12.1 Å². The maximum atomic E-state index is 13.2. The molecule has 152 valence electrons. The molecule has 0 saturated carbocycles. The van der Waals surface area contributed by atoms with Gasteiger partial charge in [0.2, 0.25) is 0 Å². The molecule has 6 nitrogen and oxygen atoms in total. The van der Waals surface area contributed by atoms with Crippen molar-refractivity contribution in [2.24, 2.45) is 0 Å². The van der Waals surface area contributed by atoms with Gasteiger partial charge in [-0.15, -0.1) is 0 Å². The molecule has 1 saturated heterocycles. The fourth-order valence-electron chi connectivity index (χ4n) is 3.67. The Morgan fingerprint density at radius 2 is 1.63 bits per heavy atom. The first kappa shape index (κ1) is 19.5. The van der Waals surface area contributed by atoms with E-state index in [0.29, 0.717) is 43.2 Å². The molecule has 0 amide bonds. The predicted octanol–water partition coefficient (Wildman–Crippen LogP) is 3.65. The third-order valence-corrected chi connectivity index (χ3v) is 5.22. The van der Waals surface area contributed by atoms with E-state index in [1.54, 1.807) is 25.3 Å². The van der Waals surface area contributed by atoms with Crippen LogP contribution >= 0.6 is 0 Å². The molecule has 0 atom stereocenters. The van der Waals surface area contributed by atoms with Crippen LogP contribution in [0.2, 0.25) is 0 Å². The number of hydrogen-bond donors (Lipinski definition) is 0. The monoisotopic (exact) mass is 405 g/mol. The van der Waals surface area contributed by atoms with Gasteiger partial charge in [0.25, 0.3) is 0 Å². The Balaban J connectivity index is 1.62. The first-order valence-electron chi connectivity index (χ1n) is 9.58. The smallest absolute Gasteiger partial charge is 0.356 e. The number of anilines is 2. The lowest BCUT2D eigenvalue weighted by atomic mass is 10.1. The van der Waals surface area contributed by atoms with Gasteiger partial charge in [-0.25, -0.2) is 9.18 Å². The molecule has 7 heteroatoms. The van der Waals surface area contributed by atoms with Crippen molar-refractivity contribution in [1.29, 1.82) is 5.26 Å². The van der Waals surface area contributed by atoms with Crippen LogP contribution in [0.3, 0.4) is 0 Å². The molecule has 1 fully saturated rings. The Bertz CT molecular complexity index is 1140. The fraction of sp³-hybridized carbons (Fsp3) is 0.217. The summed E-state index contributed by atoms with van der Waals surface area (Å²) in [4.78, 5) is 16.7. The van der Waals surface area contributed by atoms with Gasteiger partial charge in [-0.2, -0.15) is 5.26 Å². The van der Waals surface area contributed by atoms with Crippen LogP contribution in [0.4, 0.5) is 15.8 Å². The highest BCUT2D eigenvalue weighted by Crippen LogP contribution is 2.31. The summed E-state index contributed by atoms with van der Waals surface area (Å²) in [6.45, 7) is 2.66. The van der Waals surface area contributed by atoms with Crippen molar-refractivity contribution < 1.29 is 13.5 Å². The average Bonchev–Trinajstić information content (AvgIpc) is 2.79. The van der Waals surface area contributed by atoms with Gasteiger partial charge in [0.15, 0.2) is 5.56 Å². The molecule has 0 radical (unpaired) electrons. The number of ether oxygens (including phenoxy) is 1. The predicted molar refractivity (Wildman–Crippen MR) is 113 cm³/mol. The molecule has 0 N–H and O–H groups in total. The molecule has 2 aromatic carbocycles. The second kappa shape index (κ2) is 8.29. The fourth-order valence-corrected chi connectivity index (χ4v) is 3.67. The van der Waals surface area contributed by atoms with E-state index in [-0.39, 0.29) is 11.4 Å². The van der Waals surface area contributed by atoms with E-state index in [9.17, 15) is 14.4 Å². The first-order valence-corrected chi connectivity index (χ1v) is 9.58. The summed E-state index contributed by atoms with van der Waals surface area (Å²) in [6.07, 6.45) is 0. The Morgan fingerprint density at radius 1 is 1.00 bits per heavy atom. The zero-order valence-corrected chi connectivity index (χ0v) is 16.5. The maximum absolute atomic E-state index is 13.2. The largest absolute Gasteiger partial charge is 0.495 e. The number of rotatable bonds is 4. The van der Waals surface area contributed by atoms with E-state index in [1.807, 2.05) is 35.2 Å². The molecule has 1 aliphatic heterocycles. The van der Waals surface area contributed by atoms with Crippen LogP contribution in [0.5, 0.6) is 5.75 Å². The summed E-state index contributed by atoms with van der Waals surface area (Å²) < 4.78 is 24.0. The maximum Gasteiger partial charge on any atom is 0.356 e. The van der Waals surface area contributed by atoms with Gasteiger partial charge in [0.05, 0.1) is 18.5 Å². The summed E-state index contributed by atoms with van der Waals surface area (Å²) >= 11 is 0. The number of piperazine rings is 1. The summed E-state index contributed by atoms with van der Waals surface area (Å²) in [5.41, 5.74) is 1.41. The van der Waals surface area contributed by atoms with Gasteiger partial charge >= 0.3 is 5.63 Å². The molecule has 1 aromatic heterocycles. The quantitative estimate of drug-likeness (QED) is 0.660. The lowest BCUT2D eigenvalue weighted by molar-refractivity contribution is 0.413. The van der Waals surface area contributed by atoms with Gasteiger partial charge in [0, 0.05) is 37.8 Å². The van der Waals surface area contributed by atoms with Crippen LogP contribution in [-0.4, -0.2) is 33.3 Å². The molecule has 4 rings (SSSR count). The first-order chi connectivity index (χ1) is 14.6. The van der Waals surface area contributed by atoms with E-state index in [0.717, 1.165) is 11.4 Å². The Hall–Kier alpha value is -3.79. The van der Waals surface area contributed by atoms with Crippen molar-refractivity contribution in [2.45, 2.75) is 0 Å². The molecule has 2 heterocycles. The Labute approximate surface area is 173 Å². The number of nitriles is 1. The van der Waals surface area contributed by atoms with E-state index in [1.165, 1.54) is 12.1 Å². The SMILES string of the molecule is COc1ccccc1N1CCN(c2cc(-c3ccc(F)cc3)oc(=O)c2C#N)CC1. The lowest BCUT2D eigenvalue weighted by Crippen LogP contribution is -2.47. The molecule has 0 aliphatic carbocycles. The molecular weight excluding hydrogens is 385 g/mol. The van der Waals surface area contributed by atoms with Gasteiger partial charge in [0.1, 0.15) is 23.4 Å². The number of benzene rings is 2. The second-order valence-corrected chi connectivity index (χ2v) is 6.92. The highest BCUT2D eigenvalue weighted by Gasteiger charge is 2.24. The minimum absolute atomic E-state index is 0.0217. The summed E-state index contributed by atoms with van der Waals surface area (Å²) in [7, 11) is 1.65. The van der Waals surface area contributed by atoms with Gasteiger partial charge in [-0.3, -0.25) is 0 Å². The summed E-state index contributed by atoms with van der Waals surface area (Å²) in [5.74, 6) is 0.742. The molecule has 30 heavy (non-hydrogen) atoms. The van der Waals surface area contributed by atoms with Crippen LogP contribution in [-0.2, 0) is 0 Å². The number of nitrogens with zero attached hydrogens (tertiary/aromatic N) is 3. The molecule has 0 unspecified atom stereocenters. The Kier molecular flexibility index (Phi) is 5.40. The van der Waals surface area contributed by atoms with Crippen molar-refractivity contribution >= 4 is 11.4 Å². The molecule has 1 aliphatic rings. The molecular formula is C23H20FN3O3. The normalized spacial score (nSPS) is 13.8. The molecule has 0 bridgehead atoms. The summed E-state index contributed by atoms with van der Waals surface area (Å²) in [5, 5.41) is 9.51. The van der Waals surface area contributed by atoms with E-state index < -0.39 is 5.63 Å². The van der Waals surface area contributed by atoms with E-state index in [4.69, 9.17) is 9.15 Å². The number of methoxy groups -OCH3 is 1. The van der Waals surface area contributed by atoms with E-state index in [2.05, 4.69) is 4.90 Å². The topological polar surface area (TPSA) is 69.7 Å². The van der Waals surface area contributed by atoms with Crippen molar-refractivity contribution in [1.82, 2.24) is 0 Å². The number of halogens is 1. The highest BCUT2D eigenvalue weighted by atomic mass is 19.1. The van der Waals surface area contributed by atoms with E-state index >= 15 is 0 Å². The standard InChI is InChI=1S/C23H20FN3O3/c1-29-21-5-3-2-4-19(21)26-10-12-27(13-11-26)20-14-22(30-23(28)18(20)15-25)16-6-8-17(24)9-7-16/h2-9,14H,10-13H2,1H3. The lowest BCUT2D eigenvalue weighted by Gasteiger charge is -2.38. The van der Waals surface area contributed by atoms with Crippen LogP contribution < -0.4 is 20.2 Å².